The Hall–Kier alpha value is -3.17. The third-order valence-electron chi connectivity index (χ3n) is 5.13. The van der Waals surface area contributed by atoms with Crippen molar-refractivity contribution >= 4 is 29.5 Å². The highest BCUT2D eigenvalue weighted by Gasteiger charge is 2.49. The second kappa shape index (κ2) is 10.2. The van der Waals surface area contributed by atoms with Crippen molar-refractivity contribution in [2.24, 2.45) is 4.99 Å². The Morgan fingerprint density at radius 1 is 1.13 bits per heavy atom. The number of amidine groups is 1. The van der Waals surface area contributed by atoms with Crippen LogP contribution >= 0.6 is 0 Å². The topological polar surface area (TPSA) is 119 Å². The number of hydrogen-bond donors (Lipinski definition) is 3. The fourth-order valence-corrected chi connectivity index (χ4v) is 3.63. The number of urea groups is 1. The molecular formula is C21H31N7O3. The first kappa shape index (κ1) is 22.5. The number of nitrogens with zero attached hydrogens (tertiary/aromatic N) is 4. The normalized spacial score (nSPS) is 20.3. The Bertz CT molecular complexity index is 840. The second-order valence-corrected chi connectivity index (χ2v) is 7.61. The summed E-state index contributed by atoms with van der Waals surface area (Å²) in [6.07, 6.45) is 3.45. The largest absolute Gasteiger partial charge is 0.361 e. The molecule has 0 bridgehead atoms. The molecule has 3 heterocycles. The van der Waals surface area contributed by atoms with Crippen LogP contribution in [0.25, 0.3) is 0 Å². The number of aromatic nitrogens is 1. The first-order chi connectivity index (χ1) is 15.0. The predicted octanol–water partition coefficient (Wildman–Crippen LogP) is 1.15. The van der Waals surface area contributed by atoms with Crippen LogP contribution in [0.4, 0.5) is 10.6 Å². The predicted molar refractivity (Wildman–Crippen MR) is 118 cm³/mol. The summed E-state index contributed by atoms with van der Waals surface area (Å²) in [4.78, 5) is 49.4. The van der Waals surface area contributed by atoms with E-state index < -0.39 is 12.2 Å². The van der Waals surface area contributed by atoms with Gasteiger partial charge in [0.15, 0.2) is 6.17 Å². The molecule has 2 unspecified atom stereocenters. The molecule has 2 atom stereocenters. The van der Waals surface area contributed by atoms with Crippen molar-refractivity contribution < 1.29 is 14.4 Å². The molecule has 0 spiro atoms. The van der Waals surface area contributed by atoms with Gasteiger partial charge in [-0.2, -0.15) is 0 Å². The van der Waals surface area contributed by atoms with E-state index in [4.69, 9.17) is 0 Å². The van der Waals surface area contributed by atoms with Crippen LogP contribution in [0.5, 0.6) is 0 Å². The zero-order valence-electron chi connectivity index (χ0n) is 18.4. The molecule has 0 aliphatic carbocycles. The fourth-order valence-electron chi connectivity index (χ4n) is 3.63. The molecule has 168 valence electrons. The number of nitrogens with one attached hydrogen (secondary N) is 3. The lowest BCUT2D eigenvalue weighted by Crippen LogP contribution is -2.65. The van der Waals surface area contributed by atoms with E-state index in [1.54, 1.807) is 17.2 Å². The molecule has 4 amide bonds. The van der Waals surface area contributed by atoms with Crippen molar-refractivity contribution in [3.8, 4) is 0 Å². The maximum Gasteiger partial charge on any atom is 0.328 e. The highest BCUT2D eigenvalue weighted by molar-refractivity contribution is 6.08. The number of imide groups is 1. The summed E-state index contributed by atoms with van der Waals surface area (Å²) >= 11 is 0. The molecule has 10 nitrogen and oxygen atoms in total. The highest BCUT2D eigenvalue weighted by Crippen LogP contribution is 2.25. The average molecular weight is 430 g/mol. The average Bonchev–Trinajstić information content (AvgIpc) is 3.22. The lowest BCUT2D eigenvalue weighted by molar-refractivity contribution is -0.134. The third-order valence-corrected chi connectivity index (χ3v) is 5.13. The lowest BCUT2D eigenvalue weighted by atomic mass is 10.1. The van der Waals surface area contributed by atoms with E-state index in [2.05, 4.69) is 25.9 Å². The second-order valence-electron chi connectivity index (χ2n) is 7.61. The van der Waals surface area contributed by atoms with E-state index in [1.165, 1.54) is 4.90 Å². The van der Waals surface area contributed by atoms with Crippen LogP contribution in [-0.2, 0) is 9.59 Å². The van der Waals surface area contributed by atoms with Crippen LogP contribution in [0.3, 0.4) is 0 Å². The molecule has 3 rings (SSSR count). The van der Waals surface area contributed by atoms with Crippen molar-refractivity contribution in [2.45, 2.75) is 52.2 Å². The van der Waals surface area contributed by atoms with E-state index in [1.807, 2.05) is 26.8 Å². The van der Waals surface area contributed by atoms with Gasteiger partial charge in [-0.25, -0.2) is 14.8 Å². The first-order valence-corrected chi connectivity index (χ1v) is 10.9. The Morgan fingerprint density at radius 2 is 1.90 bits per heavy atom. The van der Waals surface area contributed by atoms with Crippen LogP contribution in [0.15, 0.2) is 23.3 Å². The molecule has 1 aromatic heterocycles. The Balaban J connectivity index is 1.71. The van der Waals surface area contributed by atoms with E-state index in [9.17, 15) is 14.4 Å². The molecule has 0 aromatic carbocycles. The Kier molecular flexibility index (Phi) is 7.43. The summed E-state index contributed by atoms with van der Waals surface area (Å²) in [6, 6.07) is 2.71. The van der Waals surface area contributed by atoms with Gasteiger partial charge in [0, 0.05) is 31.4 Å². The quantitative estimate of drug-likeness (QED) is 0.513. The summed E-state index contributed by atoms with van der Waals surface area (Å²) in [5.74, 6) is 0.775. The van der Waals surface area contributed by atoms with Gasteiger partial charge in [0.2, 0.25) is 5.91 Å². The summed E-state index contributed by atoms with van der Waals surface area (Å²) < 4.78 is 0. The molecule has 0 saturated carbocycles. The minimum atomic E-state index is -0.592. The monoisotopic (exact) mass is 429 g/mol. The van der Waals surface area contributed by atoms with Crippen molar-refractivity contribution in [1.82, 2.24) is 25.4 Å². The van der Waals surface area contributed by atoms with Gasteiger partial charge in [-0.1, -0.05) is 20.8 Å². The summed E-state index contributed by atoms with van der Waals surface area (Å²) in [7, 11) is 0. The standard InChI is InChI=1S/C21H31N7O3/c1-4-9-22-16(29)13-24-15-8-7-14(12-23-15)18-25-17-19(26-18)27(10-5-2)21(31)28(11-6-3)20(17)30/h7-8,12,17,19H,4-6,9-11,13H2,1-3H3,(H,22,29)(H,23,24)(H,25,26). The number of carbonyl (C=O) groups is 3. The maximum atomic E-state index is 12.9. The smallest absolute Gasteiger partial charge is 0.328 e. The molecule has 3 N–H and O–H groups in total. The minimum Gasteiger partial charge on any atom is -0.361 e. The first-order valence-electron chi connectivity index (χ1n) is 10.9. The van der Waals surface area contributed by atoms with Gasteiger partial charge in [-0.05, 0) is 31.4 Å². The molecule has 0 radical (unpaired) electrons. The third kappa shape index (κ3) is 4.95. The lowest BCUT2D eigenvalue weighted by Gasteiger charge is -2.40. The molecule has 10 heteroatoms. The van der Waals surface area contributed by atoms with Crippen LogP contribution in [0.2, 0.25) is 0 Å². The van der Waals surface area contributed by atoms with Crippen LogP contribution in [-0.4, -0.2) is 76.9 Å². The van der Waals surface area contributed by atoms with Crippen molar-refractivity contribution in [2.75, 3.05) is 31.5 Å². The minimum absolute atomic E-state index is 0.0885. The van der Waals surface area contributed by atoms with Crippen LogP contribution in [0.1, 0.15) is 45.6 Å². The van der Waals surface area contributed by atoms with Gasteiger partial charge in [0.1, 0.15) is 17.7 Å². The van der Waals surface area contributed by atoms with Gasteiger partial charge in [0.25, 0.3) is 5.91 Å². The number of hydrogen-bond acceptors (Lipinski definition) is 7. The van der Waals surface area contributed by atoms with Crippen LogP contribution < -0.4 is 16.0 Å². The number of carbonyl (C=O) groups excluding carboxylic acids is 3. The molecule has 1 saturated heterocycles. The number of fused-ring (bicyclic) bond motifs is 1. The van der Waals surface area contributed by atoms with Gasteiger partial charge in [-0.15, -0.1) is 0 Å². The maximum absolute atomic E-state index is 12.9. The molecule has 2 aliphatic heterocycles. The molecule has 31 heavy (non-hydrogen) atoms. The number of anilines is 1. The van der Waals surface area contributed by atoms with Gasteiger partial charge in [0.05, 0.1) is 6.54 Å². The van der Waals surface area contributed by atoms with Gasteiger partial charge < -0.3 is 16.0 Å². The van der Waals surface area contributed by atoms with Crippen molar-refractivity contribution in [3.63, 3.8) is 0 Å². The zero-order valence-corrected chi connectivity index (χ0v) is 18.4. The zero-order chi connectivity index (χ0) is 22.4. The summed E-state index contributed by atoms with van der Waals surface area (Å²) in [5.41, 5.74) is 0.717. The summed E-state index contributed by atoms with van der Waals surface area (Å²) in [6.45, 7) is 7.65. The van der Waals surface area contributed by atoms with Gasteiger partial charge in [-0.3, -0.25) is 19.4 Å². The highest BCUT2D eigenvalue weighted by atomic mass is 16.2. The number of rotatable bonds is 10. The van der Waals surface area contributed by atoms with Gasteiger partial charge >= 0.3 is 6.03 Å². The van der Waals surface area contributed by atoms with E-state index in [-0.39, 0.29) is 24.4 Å². The Morgan fingerprint density at radius 3 is 2.55 bits per heavy atom. The Labute approximate surface area is 182 Å². The van der Waals surface area contributed by atoms with Crippen molar-refractivity contribution in [3.05, 3.63) is 23.9 Å². The molecule has 1 fully saturated rings. The number of aliphatic imine (C=N–C) groups is 1. The van der Waals surface area contributed by atoms with Crippen LogP contribution in [0, 0.1) is 0 Å². The summed E-state index contributed by atoms with van der Waals surface area (Å²) in [5, 5.41) is 8.97. The molecule has 1 aromatic rings. The SMILES string of the molecule is CCCNC(=O)CNc1ccc(C2=NC3C(N2)C(=O)N(CCC)C(=O)N3CCC)cn1. The number of pyridine rings is 1. The molecular weight excluding hydrogens is 398 g/mol. The fraction of sp³-hybridized carbons (Fsp3) is 0.571. The molecule has 2 aliphatic rings. The van der Waals surface area contributed by atoms with E-state index in [0.29, 0.717) is 43.3 Å². The van der Waals surface area contributed by atoms with E-state index >= 15 is 0 Å². The van der Waals surface area contributed by atoms with Crippen molar-refractivity contribution in [1.29, 1.82) is 0 Å². The number of amides is 4. The van der Waals surface area contributed by atoms with E-state index in [0.717, 1.165) is 12.8 Å².